The van der Waals surface area contributed by atoms with Gasteiger partial charge in [0, 0.05) is 12.0 Å². The largest absolute Gasteiger partial charge is 0.497 e. The van der Waals surface area contributed by atoms with Crippen LogP contribution in [0.1, 0.15) is 12.6 Å². The van der Waals surface area contributed by atoms with E-state index in [4.69, 9.17) is 10.5 Å². The van der Waals surface area contributed by atoms with Crippen molar-refractivity contribution in [3.63, 3.8) is 0 Å². The van der Waals surface area contributed by atoms with E-state index >= 15 is 0 Å². The molecule has 0 saturated carbocycles. The third-order valence-corrected chi connectivity index (χ3v) is 3.35. The lowest BCUT2D eigenvalue weighted by molar-refractivity contribution is 0.415. The quantitative estimate of drug-likeness (QED) is 0.820. The zero-order valence-corrected chi connectivity index (χ0v) is 13.5. The molecule has 0 fully saturated rings. The summed E-state index contributed by atoms with van der Waals surface area (Å²) >= 11 is 0. The number of hydrogen-bond donors (Lipinski definition) is 1. The van der Waals surface area contributed by atoms with Crippen LogP contribution < -0.4 is 10.5 Å². The highest BCUT2D eigenvalue weighted by molar-refractivity contribution is 5.60. The fourth-order valence-corrected chi connectivity index (χ4v) is 2.20. The predicted molar refractivity (Wildman–Crippen MR) is 95.2 cm³/mol. The first kappa shape index (κ1) is 16.5. The van der Waals surface area contributed by atoms with Gasteiger partial charge in [-0.15, -0.1) is 0 Å². The van der Waals surface area contributed by atoms with Crippen LogP contribution in [0.15, 0.2) is 66.9 Å². The Morgan fingerprint density at radius 2 is 2.04 bits per heavy atom. The number of ether oxygens (including phenoxy) is 1. The summed E-state index contributed by atoms with van der Waals surface area (Å²) in [5, 5.41) is 0. The van der Waals surface area contributed by atoms with E-state index in [2.05, 4.69) is 16.5 Å². The van der Waals surface area contributed by atoms with Gasteiger partial charge >= 0.3 is 0 Å². The Balaban J connectivity index is 2.34. The van der Waals surface area contributed by atoms with E-state index in [1.54, 1.807) is 19.4 Å². The first-order valence-electron chi connectivity index (χ1n) is 7.38. The van der Waals surface area contributed by atoms with Gasteiger partial charge < -0.3 is 10.5 Å². The maximum absolute atomic E-state index is 5.98. The Hall–Kier alpha value is -2.88. The number of benzene rings is 1. The van der Waals surface area contributed by atoms with Crippen LogP contribution in [-0.4, -0.2) is 17.1 Å². The molecule has 0 aliphatic carbocycles. The van der Waals surface area contributed by atoms with E-state index in [0.29, 0.717) is 12.2 Å². The third-order valence-electron chi connectivity index (χ3n) is 3.35. The summed E-state index contributed by atoms with van der Waals surface area (Å²) < 4.78 is 5.17. The molecule has 0 unspecified atom stereocenters. The minimum atomic E-state index is 0.446. The molecule has 2 N–H and O–H groups in total. The van der Waals surface area contributed by atoms with Crippen LogP contribution in [0.4, 0.5) is 5.82 Å². The Kier molecular flexibility index (Phi) is 5.69. The standard InChI is InChI=1S/C19H21N3O/c1-4-6-14(7-5-2)12-17-19(20)21-13-18(22-17)15-8-10-16(23-3)11-9-15/h4-11,13H,1,12H2,2-3H3,(H2,20,21)/b7-5-,14-6+. The summed E-state index contributed by atoms with van der Waals surface area (Å²) in [7, 11) is 1.64. The topological polar surface area (TPSA) is 61.0 Å². The van der Waals surface area contributed by atoms with Gasteiger partial charge in [-0.25, -0.2) is 9.97 Å². The second kappa shape index (κ2) is 7.94. The molecule has 4 heteroatoms. The number of methoxy groups -OCH3 is 1. The molecule has 2 aromatic rings. The predicted octanol–water partition coefficient (Wildman–Crippen LogP) is 3.97. The number of allylic oxidation sites excluding steroid dienone is 5. The number of nitrogens with two attached hydrogens (primary N) is 1. The van der Waals surface area contributed by atoms with Crippen molar-refractivity contribution in [2.24, 2.45) is 0 Å². The van der Waals surface area contributed by atoms with Crippen molar-refractivity contribution in [2.75, 3.05) is 12.8 Å². The van der Waals surface area contributed by atoms with Crippen molar-refractivity contribution >= 4 is 5.82 Å². The smallest absolute Gasteiger partial charge is 0.145 e. The molecule has 1 aromatic carbocycles. The van der Waals surface area contributed by atoms with E-state index in [0.717, 1.165) is 28.3 Å². The molecular formula is C19H21N3O. The molecule has 2 rings (SSSR count). The van der Waals surface area contributed by atoms with E-state index in [9.17, 15) is 0 Å². The molecule has 23 heavy (non-hydrogen) atoms. The number of rotatable bonds is 6. The van der Waals surface area contributed by atoms with Crippen LogP contribution in [0.5, 0.6) is 5.75 Å². The summed E-state index contributed by atoms with van der Waals surface area (Å²) in [5.41, 5.74) is 9.58. The highest BCUT2D eigenvalue weighted by Gasteiger charge is 2.08. The number of nitrogen functional groups attached to an aromatic ring is 1. The van der Waals surface area contributed by atoms with Gasteiger partial charge in [-0.3, -0.25) is 0 Å². The lowest BCUT2D eigenvalue weighted by Gasteiger charge is -2.08. The van der Waals surface area contributed by atoms with Crippen molar-refractivity contribution in [3.05, 3.63) is 72.6 Å². The molecule has 0 aliphatic heterocycles. The molecule has 0 amide bonds. The highest BCUT2D eigenvalue weighted by atomic mass is 16.5. The second-order valence-electron chi connectivity index (χ2n) is 4.97. The fraction of sp³-hybridized carbons (Fsp3) is 0.158. The second-order valence-corrected chi connectivity index (χ2v) is 4.97. The van der Waals surface area contributed by atoms with Crippen molar-refractivity contribution in [2.45, 2.75) is 13.3 Å². The lowest BCUT2D eigenvalue weighted by Crippen LogP contribution is -2.03. The first-order valence-corrected chi connectivity index (χ1v) is 7.38. The summed E-state index contributed by atoms with van der Waals surface area (Å²) in [6, 6.07) is 7.70. The number of anilines is 1. The third kappa shape index (κ3) is 4.30. The van der Waals surface area contributed by atoms with Crippen molar-refractivity contribution in [3.8, 4) is 17.0 Å². The van der Waals surface area contributed by atoms with Crippen molar-refractivity contribution in [1.82, 2.24) is 9.97 Å². The maximum atomic E-state index is 5.98. The normalized spacial score (nSPS) is 11.7. The Morgan fingerprint density at radius 3 is 2.65 bits per heavy atom. The van der Waals surface area contributed by atoms with Gasteiger partial charge in [0.15, 0.2) is 0 Å². The number of nitrogens with zero attached hydrogens (tertiary/aromatic N) is 2. The molecule has 4 nitrogen and oxygen atoms in total. The van der Waals surface area contributed by atoms with Crippen LogP contribution in [0, 0.1) is 0 Å². The molecule has 1 aromatic heterocycles. The molecule has 0 saturated heterocycles. The minimum Gasteiger partial charge on any atom is -0.497 e. The van der Waals surface area contributed by atoms with Crippen LogP contribution in [0.3, 0.4) is 0 Å². The molecule has 0 radical (unpaired) electrons. The summed E-state index contributed by atoms with van der Waals surface area (Å²) in [6.07, 6.45) is 10.00. The highest BCUT2D eigenvalue weighted by Crippen LogP contribution is 2.22. The Morgan fingerprint density at radius 1 is 1.30 bits per heavy atom. The van der Waals surface area contributed by atoms with Crippen LogP contribution >= 0.6 is 0 Å². The van der Waals surface area contributed by atoms with Crippen LogP contribution in [-0.2, 0) is 6.42 Å². The van der Waals surface area contributed by atoms with Crippen molar-refractivity contribution in [1.29, 1.82) is 0 Å². The van der Waals surface area contributed by atoms with Crippen molar-refractivity contribution < 1.29 is 4.74 Å². The van der Waals surface area contributed by atoms with Gasteiger partial charge in [0.1, 0.15) is 11.6 Å². The maximum Gasteiger partial charge on any atom is 0.145 e. The first-order chi connectivity index (χ1) is 11.2. The average Bonchev–Trinajstić information content (AvgIpc) is 2.57. The molecule has 1 heterocycles. The number of aromatic nitrogens is 2. The van der Waals surface area contributed by atoms with E-state index in [-0.39, 0.29) is 0 Å². The summed E-state index contributed by atoms with van der Waals surface area (Å²) in [6.45, 7) is 5.71. The molecule has 0 spiro atoms. The van der Waals surface area contributed by atoms with Crippen LogP contribution in [0.25, 0.3) is 11.3 Å². The van der Waals surface area contributed by atoms with Gasteiger partial charge in [0.25, 0.3) is 0 Å². The molecular weight excluding hydrogens is 286 g/mol. The van der Waals surface area contributed by atoms with Gasteiger partial charge in [0.2, 0.25) is 0 Å². The van der Waals surface area contributed by atoms with Gasteiger partial charge in [-0.2, -0.15) is 0 Å². The monoisotopic (exact) mass is 307 g/mol. The summed E-state index contributed by atoms with van der Waals surface area (Å²) in [5.74, 6) is 1.25. The average molecular weight is 307 g/mol. The van der Waals surface area contributed by atoms with E-state index < -0.39 is 0 Å². The Labute approximate surface area is 137 Å². The zero-order chi connectivity index (χ0) is 16.7. The van der Waals surface area contributed by atoms with Gasteiger partial charge in [-0.05, 0) is 36.8 Å². The van der Waals surface area contributed by atoms with E-state index in [1.807, 2.05) is 49.4 Å². The fourth-order valence-electron chi connectivity index (χ4n) is 2.20. The lowest BCUT2D eigenvalue weighted by atomic mass is 10.1. The Bertz CT molecular complexity index is 731. The molecule has 0 bridgehead atoms. The van der Waals surface area contributed by atoms with Crippen LogP contribution in [0.2, 0.25) is 0 Å². The molecule has 118 valence electrons. The SMILES string of the molecule is C=C/C=C(\C=C/C)Cc1nc(-c2ccc(OC)cc2)cnc1N. The number of hydrogen-bond acceptors (Lipinski definition) is 4. The molecule has 0 aliphatic rings. The molecule has 0 atom stereocenters. The summed E-state index contributed by atoms with van der Waals surface area (Å²) in [4.78, 5) is 8.94. The van der Waals surface area contributed by atoms with Gasteiger partial charge in [0.05, 0.1) is 24.7 Å². The minimum absolute atomic E-state index is 0.446. The zero-order valence-electron chi connectivity index (χ0n) is 13.5. The van der Waals surface area contributed by atoms with Gasteiger partial charge in [-0.1, -0.05) is 30.9 Å². The van der Waals surface area contributed by atoms with E-state index in [1.165, 1.54) is 0 Å².